The van der Waals surface area contributed by atoms with Crippen LogP contribution in [0.3, 0.4) is 0 Å². The van der Waals surface area contributed by atoms with Crippen LogP contribution in [-0.2, 0) is 22.7 Å². The number of nitrogens with zero attached hydrogens (tertiary/aromatic N) is 2. The minimum atomic E-state index is -0.123. The summed E-state index contributed by atoms with van der Waals surface area (Å²) in [5.41, 5.74) is 1.05. The normalized spacial score (nSPS) is 10.8. The standard InChI is InChI=1S/C21H28N2O3/c1-4-12-22(21(25)17(2)3)16-20(24)23(15-19-11-8-13-26-19)14-18-9-6-5-7-10-18/h5-11,13,17H,4,12,14-16H2,1-3H3. The van der Waals surface area contributed by atoms with E-state index >= 15 is 0 Å². The fourth-order valence-corrected chi connectivity index (χ4v) is 2.79. The lowest BCUT2D eigenvalue weighted by atomic mass is 10.1. The maximum atomic E-state index is 13.0. The first-order chi connectivity index (χ1) is 12.5. The van der Waals surface area contributed by atoms with Crippen LogP contribution in [0.25, 0.3) is 0 Å². The molecule has 0 aliphatic carbocycles. The summed E-state index contributed by atoms with van der Waals surface area (Å²) in [6.45, 7) is 7.28. The highest BCUT2D eigenvalue weighted by molar-refractivity contribution is 5.85. The third-order valence-electron chi connectivity index (χ3n) is 4.12. The summed E-state index contributed by atoms with van der Waals surface area (Å²) in [6.07, 6.45) is 2.43. The molecule has 1 aromatic heterocycles. The molecule has 1 heterocycles. The molecule has 26 heavy (non-hydrogen) atoms. The van der Waals surface area contributed by atoms with Crippen LogP contribution in [0.15, 0.2) is 53.1 Å². The van der Waals surface area contributed by atoms with Gasteiger partial charge in [-0.25, -0.2) is 0 Å². The van der Waals surface area contributed by atoms with Gasteiger partial charge in [0.2, 0.25) is 11.8 Å². The topological polar surface area (TPSA) is 53.8 Å². The van der Waals surface area contributed by atoms with Crippen molar-refractivity contribution in [1.82, 2.24) is 9.80 Å². The third kappa shape index (κ3) is 5.76. The van der Waals surface area contributed by atoms with Crippen LogP contribution in [0.4, 0.5) is 0 Å². The molecule has 0 unspecified atom stereocenters. The number of furan rings is 1. The molecule has 0 atom stereocenters. The number of benzene rings is 1. The van der Waals surface area contributed by atoms with Crippen molar-refractivity contribution >= 4 is 11.8 Å². The molecule has 2 aromatic rings. The third-order valence-corrected chi connectivity index (χ3v) is 4.12. The highest BCUT2D eigenvalue weighted by atomic mass is 16.3. The van der Waals surface area contributed by atoms with E-state index in [0.717, 1.165) is 17.7 Å². The Morgan fingerprint density at radius 1 is 1.00 bits per heavy atom. The summed E-state index contributed by atoms with van der Waals surface area (Å²) in [5.74, 6) is 0.541. The van der Waals surface area contributed by atoms with Crippen LogP contribution in [0.1, 0.15) is 38.5 Å². The Balaban J connectivity index is 2.13. The summed E-state index contributed by atoms with van der Waals surface area (Å²) in [5, 5.41) is 0. The number of rotatable bonds is 9. The van der Waals surface area contributed by atoms with E-state index in [9.17, 15) is 9.59 Å². The number of hydrogen-bond acceptors (Lipinski definition) is 3. The van der Waals surface area contributed by atoms with E-state index in [0.29, 0.717) is 19.6 Å². The Morgan fingerprint density at radius 2 is 1.73 bits per heavy atom. The molecule has 140 valence electrons. The van der Waals surface area contributed by atoms with Crippen LogP contribution < -0.4 is 0 Å². The number of carbonyl (C=O) groups is 2. The number of carbonyl (C=O) groups excluding carboxylic acids is 2. The van der Waals surface area contributed by atoms with Crippen molar-refractivity contribution < 1.29 is 14.0 Å². The SMILES string of the molecule is CCCN(CC(=O)N(Cc1ccccc1)Cc1ccco1)C(=O)C(C)C. The van der Waals surface area contributed by atoms with Crippen LogP contribution in [0, 0.1) is 5.92 Å². The Morgan fingerprint density at radius 3 is 2.31 bits per heavy atom. The van der Waals surface area contributed by atoms with E-state index in [1.54, 1.807) is 16.1 Å². The first-order valence-electron chi connectivity index (χ1n) is 9.14. The summed E-state index contributed by atoms with van der Waals surface area (Å²) >= 11 is 0. The average molecular weight is 356 g/mol. The molecule has 0 radical (unpaired) electrons. The molecular weight excluding hydrogens is 328 g/mol. The van der Waals surface area contributed by atoms with Gasteiger partial charge in [0.15, 0.2) is 0 Å². The van der Waals surface area contributed by atoms with Crippen molar-refractivity contribution in [3.05, 3.63) is 60.1 Å². The zero-order chi connectivity index (χ0) is 18.9. The second kappa shape index (κ2) is 9.80. The van der Waals surface area contributed by atoms with E-state index in [-0.39, 0.29) is 24.3 Å². The summed E-state index contributed by atoms with van der Waals surface area (Å²) < 4.78 is 5.42. The first-order valence-corrected chi connectivity index (χ1v) is 9.14. The van der Waals surface area contributed by atoms with Gasteiger partial charge in [-0.05, 0) is 24.1 Å². The number of amides is 2. The Bertz CT molecular complexity index is 681. The van der Waals surface area contributed by atoms with Crippen molar-refractivity contribution in [2.24, 2.45) is 5.92 Å². The average Bonchev–Trinajstić information content (AvgIpc) is 3.14. The van der Waals surface area contributed by atoms with Gasteiger partial charge in [0.05, 0.1) is 19.4 Å². The monoisotopic (exact) mass is 356 g/mol. The quantitative estimate of drug-likeness (QED) is 0.688. The highest BCUT2D eigenvalue weighted by Crippen LogP contribution is 2.12. The minimum absolute atomic E-state index is 0.0119. The van der Waals surface area contributed by atoms with Crippen LogP contribution in [-0.4, -0.2) is 34.7 Å². The van der Waals surface area contributed by atoms with Gasteiger partial charge in [-0.3, -0.25) is 9.59 Å². The van der Waals surface area contributed by atoms with E-state index < -0.39 is 0 Å². The van der Waals surface area contributed by atoms with Gasteiger partial charge in [-0.1, -0.05) is 51.1 Å². The minimum Gasteiger partial charge on any atom is -0.467 e. The van der Waals surface area contributed by atoms with Crippen LogP contribution >= 0.6 is 0 Å². The van der Waals surface area contributed by atoms with E-state index in [4.69, 9.17) is 4.42 Å². The highest BCUT2D eigenvalue weighted by Gasteiger charge is 2.23. The summed E-state index contributed by atoms with van der Waals surface area (Å²) in [7, 11) is 0. The lowest BCUT2D eigenvalue weighted by molar-refractivity contribution is -0.143. The maximum Gasteiger partial charge on any atom is 0.242 e. The van der Waals surface area contributed by atoms with Crippen molar-refractivity contribution in [3.8, 4) is 0 Å². The van der Waals surface area contributed by atoms with Crippen molar-refractivity contribution in [2.45, 2.75) is 40.3 Å². The molecule has 2 rings (SSSR count). The van der Waals surface area contributed by atoms with Gasteiger partial charge in [-0.2, -0.15) is 0 Å². The Hall–Kier alpha value is -2.56. The molecule has 0 bridgehead atoms. The smallest absolute Gasteiger partial charge is 0.242 e. The molecule has 1 aromatic carbocycles. The van der Waals surface area contributed by atoms with Crippen molar-refractivity contribution in [3.63, 3.8) is 0 Å². The van der Waals surface area contributed by atoms with E-state index in [1.807, 2.05) is 63.2 Å². The zero-order valence-electron chi connectivity index (χ0n) is 15.9. The fourth-order valence-electron chi connectivity index (χ4n) is 2.79. The van der Waals surface area contributed by atoms with Crippen LogP contribution in [0.2, 0.25) is 0 Å². The van der Waals surface area contributed by atoms with Gasteiger partial charge in [0, 0.05) is 19.0 Å². The van der Waals surface area contributed by atoms with Crippen LogP contribution in [0.5, 0.6) is 0 Å². The summed E-state index contributed by atoms with van der Waals surface area (Å²) in [4.78, 5) is 28.8. The second-order valence-corrected chi connectivity index (χ2v) is 6.73. The van der Waals surface area contributed by atoms with Gasteiger partial charge in [0.25, 0.3) is 0 Å². The predicted octanol–water partition coefficient (Wildman–Crippen LogP) is 3.70. The number of hydrogen-bond donors (Lipinski definition) is 0. The Labute approximate surface area is 155 Å². The molecule has 0 N–H and O–H groups in total. The van der Waals surface area contributed by atoms with Gasteiger partial charge in [-0.15, -0.1) is 0 Å². The zero-order valence-corrected chi connectivity index (χ0v) is 15.9. The van der Waals surface area contributed by atoms with Gasteiger partial charge in [0.1, 0.15) is 5.76 Å². The molecule has 5 nitrogen and oxygen atoms in total. The molecule has 0 aliphatic rings. The largest absolute Gasteiger partial charge is 0.467 e. The van der Waals surface area contributed by atoms with E-state index in [2.05, 4.69) is 0 Å². The fraction of sp³-hybridized carbons (Fsp3) is 0.429. The predicted molar refractivity (Wildman–Crippen MR) is 101 cm³/mol. The second-order valence-electron chi connectivity index (χ2n) is 6.73. The molecular formula is C21H28N2O3. The van der Waals surface area contributed by atoms with Crippen molar-refractivity contribution in [1.29, 1.82) is 0 Å². The Kier molecular flexibility index (Phi) is 7.45. The molecule has 0 saturated carbocycles. The molecule has 0 saturated heterocycles. The van der Waals surface area contributed by atoms with Gasteiger partial charge < -0.3 is 14.2 Å². The first kappa shape index (κ1) is 19.8. The lowest BCUT2D eigenvalue weighted by Gasteiger charge is -2.28. The lowest BCUT2D eigenvalue weighted by Crippen LogP contribution is -2.44. The van der Waals surface area contributed by atoms with Crippen molar-refractivity contribution in [2.75, 3.05) is 13.1 Å². The molecule has 0 aliphatic heterocycles. The maximum absolute atomic E-state index is 13.0. The van der Waals surface area contributed by atoms with Gasteiger partial charge >= 0.3 is 0 Å². The molecule has 0 fully saturated rings. The van der Waals surface area contributed by atoms with E-state index in [1.165, 1.54) is 0 Å². The molecule has 5 heteroatoms. The molecule has 0 spiro atoms. The molecule has 2 amide bonds. The summed E-state index contributed by atoms with van der Waals surface area (Å²) in [6, 6.07) is 13.5.